The molecular weight excluding hydrogens is 316 g/mol. The van der Waals surface area contributed by atoms with Crippen LogP contribution in [0.2, 0.25) is 0 Å². The zero-order chi connectivity index (χ0) is 17.1. The van der Waals surface area contributed by atoms with Crippen LogP contribution in [0.25, 0.3) is 6.08 Å². The molecule has 0 aliphatic carbocycles. The summed E-state index contributed by atoms with van der Waals surface area (Å²) < 4.78 is 31.3. The van der Waals surface area contributed by atoms with E-state index in [0.717, 1.165) is 34.7 Å². The molecule has 2 aromatic rings. The fourth-order valence-corrected chi connectivity index (χ4v) is 2.50. The molecule has 0 N–H and O–H groups in total. The van der Waals surface area contributed by atoms with Gasteiger partial charge in [-0.2, -0.15) is 0 Å². The van der Waals surface area contributed by atoms with E-state index in [9.17, 15) is 18.4 Å². The maximum Gasteiger partial charge on any atom is 0.417 e. The number of cyclic esters (lactones) is 1. The molecule has 122 valence electrons. The third-order valence-corrected chi connectivity index (χ3v) is 3.60. The van der Waals surface area contributed by atoms with E-state index in [0.29, 0.717) is 0 Å². The summed E-state index contributed by atoms with van der Waals surface area (Å²) in [5, 5.41) is 0. The van der Waals surface area contributed by atoms with Crippen LogP contribution < -0.4 is 0 Å². The molecule has 6 heteroatoms. The van der Waals surface area contributed by atoms with Gasteiger partial charge in [0.25, 0.3) is 5.91 Å². The van der Waals surface area contributed by atoms with E-state index in [1.165, 1.54) is 6.08 Å². The van der Waals surface area contributed by atoms with Crippen LogP contribution in [-0.2, 0) is 9.53 Å². The van der Waals surface area contributed by atoms with Crippen molar-refractivity contribution in [1.82, 2.24) is 4.90 Å². The smallest absolute Gasteiger partial charge is 0.417 e. The fourth-order valence-electron chi connectivity index (χ4n) is 2.50. The lowest BCUT2D eigenvalue weighted by atomic mass is 10.1. The van der Waals surface area contributed by atoms with Crippen LogP contribution in [0.5, 0.6) is 0 Å². The molecule has 24 heavy (non-hydrogen) atoms. The summed E-state index contributed by atoms with van der Waals surface area (Å²) in [6, 6.07) is 11.4. The first kappa shape index (κ1) is 15.9. The molecule has 4 nitrogen and oxygen atoms in total. The lowest BCUT2D eigenvalue weighted by Gasteiger charge is -2.18. The number of benzene rings is 2. The van der Waals surface area contributed by atoms with Crippen molar-refractivity contribution < 1.29 is 23.1 Å². The van der Waals surface area contributed by atoms with Crippen molar-refractivity contribution in [1.29, 1.82) is 0 Å². The molecule has 1 saturated heterocycles. The predicted molar refractivity (Wildman–Crippen MR) is 82.8 cm³/mol. The summed E-state index contributed by atoms with van der Waals surface area (Å²) in [5.74, 6) is -2.11. The first-order chi connectivity index (χ1) is 11.5. The summed E-state index contributed by atoms with van der Waals surface area (Å²) in [7, 11) is 0. The van der Waals surface area contributed by atoms with Crippen molar-refractivity contribution >= 4 is 18.1 Å². The number of amides is 2. The minimum absolute atomic E-state index is 0.0665. The van der Waals surface area contributed by atoms with Gasteiger partial charge in [-0.25, -0.2) is 18.5 Å². The van der Waals surface area contributed by atoms with Gasteiger partial charge in [0, 0.05) is 12.1 Å². The predicted octanol–water partition coefficient (Wildman–Crippen LogP) is 3.70. The van der Waals surface area contributed by atoms with E-state index in [1.807, 2.05) is 6.07 Å². The Bertz CT molecular complexity index is 785. The molecule has 0 spiro atoms. The van der Waals surface area contributed by atoms with Crippen LogP contribution in [-0.4, -0.2) is 23.5 Å². The number of carbonyl (C=O) groups is 2. The van der Waals surface area contributed by atoms with Crippen molar-refractivity contribution in [3.05, 3.63) is 77.4 Å². The second kappa shape index (κ2) is 6.62. The quantitative estimate of drug-likeness (QED) is 0.807. The Hall–Kier alpha value is -3.02. The monoisotopic (exact) mass is 329 g/mol. The van der Waals surface area contributed by atoms with Crippen molar-refractivity contribution in [3.8, 4) is 0 Å². The Morgan fingerprint density at radius 3 is 2.46 bits per heavy atom. The maximum atomic E-state index is 13.2. The number of ether oxygens (including phenoxy) is 1. The minimum Gasteiger partial charge on any atom is -0.446 e. The molecule has 0 unspecified atom stereocenters. The van der Waals surface area contributed by atoms with E-state index < -0.39 is 29.7 Å². The van der Waals surface area contributed by atoms with Gasteiger partial charge in [-0.05, 0) is 29.3 Å². The zero-order valence-corrected chi connectivity index (χ0v) is 12.5. The van der Waals surface area contributed by atoms with Crippen LogP contribution in [0, 0.1) is 11.6 Å². The number of rotatable bonds is 3. The molecule has 3 rings (SSSR count). The summed E-state index contributed by atoms with van der Waals surface area (Å²) in [6.45, 7) is 0.0665. The largest absolute Gasteiger partial charge is 0.446 e. The molecule has 1 aliphatic rings. The first-order valence-electron chi connectivity index (χ1n) is 7.23. The van der Waals surface area contributed by atoms with E-state index in [-0.39, 0.29) is 12.2 Å². The molecule has 2 amide bonds. The SMILES string of the molecule is O=C(/C=C/c1cc(F)cc(F)c1)N1C(=O)OC[C@@H]1c1ccccc1. The fraction of sp³-hybridized carbons (Fsp3) is 0.111. The topological polar surface area (TPSA) is 46.6 Å². The third kappa shape index (κ3) is 3.32. The molecule has 0 radical (unpaired) electrons. The molecular formula is C18H13F2NO3. The van der Waals surface area contributed by atoms with Gasteiger partial charge in [0.1, 0.15) is 24.3 Å². The van der Waals surface area contributed by atoms with Crippen molar-refractivity contribution in [2.24, 2.45) is 0 Å². The normalized spacial score (nSPS) is 17.3. The van der Waals surface area contributed by atoms with Crippen LogP contribution in [0.1, 0.15) is 17.2 Å². The number of imide groups is 1. The number of halogens is 2. The highest BCUT2D eigenvalue weighted by Crippen LogP contribution is 2.28. The Balaban J connectivity index is 1.82. The lowest BCUT2D eigenvalue weighted by molar-refractivity contribution is -0.124. The van der Waals surface area contributed by atoms with Gasteiger partial charge in [0.2, 0.25) is 0 Å². The summed E-state index contributed by atoms with van der Waals surface area (Å²) >= 11 is 0. The van der Waals surface area contributed by atoms with Gasteiger partial charge in [0.15, 0.2) is 0 Å². The number of hydrogen-bond donors (Lipinski definition) is 0. The number of carbonyl (C=O) groups excluding carboxylic acids is 2. The molecule has 0 aromatic heterocycles. The zero-order valence-electron chi connectivity index (χ0n) is 12.5. The van der Waals surface area contributed by atoms with E-state index in [1.54, 1.807) is 24.3 Å². The highest BCUT2D eigenvalue weighted by Gasteiger charge is 2.37. The molecule has 2 aromatic carbocycles. The first-order valence-corrected chi connectivity index (χ1v) is 7.23. The molecule has 1 atom stereocenters. The second-order valence-corrected chi connectivity index (χ2v) is 5.25. The second-order valence-electron chi connectivity index (χ2n) is 5.25. The van der Waals surface area contributed by atoms with Crippen molar-refractivity contribution in [3.63, 3.8) is 0 Å². The minimum atomic E-state index is -0.746. The third-order valence-electron chi connectivity index (χ3n) is 3.60. The van der Waals surface area contributed by atoms with Gasteiger partial charge in [-0.3, -0.25) is 4.79 Å². The molecule has 0 saturated carbocycles. The van der Waals surface area contributed by atoms with Crippen LogP contribution in [0.3, 0.4) is 0 Å². The average Bonchev–Trinajstić information content (AvgIpc) is 2.94. The average molecular weight is 329 g/mol. The van der Waals surface area contributed by atoms with E-state index in [4.69, 9.17) is 4.74 Å². The number of hydrogen-bond acceptors (Lipinski definition) is 3. The van der Waals surface area contributed by atoms with Gasteiger partial charge >= 0.3 is 6.09 Å². The molecule has 1 aliphatic heterocycles. The standard InChI is InChI=1S/C18H13F2NO3/c19-14-8-12(9-15(20)10-14)6-7-17(22)21-16(11-24-18(21)23)13-4-2-1-3-5-13/h1-10,16H,11H2/b7-6+/t16-/m1/s1. The van der Waals surface area contributed by atoms with Gasteiger partial charge in [0.05, 0.1) is 0 Å². The molecule has 1 heterocycles. The summed E-state index contributed by atoms with van der Waals surface area (Å²) in [5.41, 5.74) is 0.951. The lowest BCUT2D eigenvalue weighted by Crippen LogP contribution is -2.32. The van der Waals surface area contributed by atoms with E-state index in [2.05, 4.69) is 0 Å². The Kier molecular flexibility index (Phi) is 4.37. The highest BCUT2D eigenvalue weighted by molar-refractivity contribution is 6.02. The van der Waals surface area contributed by atoms with Gasteiger partial charge in [-0.15, -0.1) is 0 Å². The summed E-state index contributed by atoms with van der Waals surface area (Å²) in [4.78, 5) is 25.2. The van der Waals surface area contributed by atoms with Crippen LogP contribution in [0.15, 0.2) is 54.6 Å². The van der Waals surface area contributed by atoms with Crippen molar-refractivity contribution in [2.75, 3.05) is 6.61 Å². The Morgan fingerprint density at radius 2 is 1.79 bits per heavy atom. The van der Waals surface area contributed by atoms with E-state index >= 15 is 0 Å². The van der Waals surface area contributed by atoms with Crippen molar-refractivity contribution in [2.45, 2.75) is 6.04 Å². The summed E-state index contributed by atoms with van der Waals surface area (Å²) in [6.07, 6.45) is 1.60. The molecule has 1 fully saturated rings. The van der Waals surface area contributed by atoms with Gasteiger partial charge < -0.3 is 4.74 Å². The number of nitrogens with zero attached hydrogens (tertiary/aromatic N) is 1. The Morgan fingerprint density at radius 1 is 1.12 bits per heavy atom. The maximum absolute atomic E-state index is 13.2. The van der Waals surface area contributed by atoms with Crippen LogP contribution >= 0.6 is 0 Å². The van der Waals surface area contributed by atoms with Crippen LogP contribution in [0.4, 0.5) is 13.6 Å². The van der Waals surface area contributed by atoms with Gasteiger partial charge in [-0.1, -0.05) is 30.3 Å². The molecule has 0 bridgehead atoms. The highest BCUT2D eigenvalue weighted by atomic mass is 19.1. The Labute approximate surface area is 137 Å².